The average Bonchev–Trinajstić information content (AvgIpc) is 2.73. The van der Waals surface area contributed by atoms with E-state index in [2.05, 4.69) is 45.9 Å². The number of rotatable bonds is 6. The second-order valence-corrected chi connectivity index (χ2v) is 7.99. The summed E-state index contributed by atoms with van der Waals surface area (Å²) in [6.45, 7) is 3.83. The molecule has 1 atom stereocenters. The SMILES string of the molecule is Cc1cc(NC(=O)NC(C)CC(=N)Cc2ccc3ccccc3c2)c2ccccc2n1. The standard InChI is InChI=1S/C26H26N4O/c1-17(13-22(27)16-19-11-12-20-7-3-4-8-21(20)15-19)29-26(31)30-25-14-18(2)28-24-10-6-5-9-23(24)25/h3-12,14-15,17,27H,13,16H2,1-2H3,(H2,28,29,30,31). The van der Waals surface area contributed by atoms with E-state index in [0.717, 1.165) is 27.8 Å². The maximum atomic E-state index is 12.6. The lowest BCUT2D eigenvalue weighted by molar-refractivity contribution is 0.249. The molecule has 1 unspecified atom stereocenters. The van der Waals surface area contributed by atoms with Crippen LogP contribution < -0.4 is 10.6 Å². The van der Waals surface area contributed by atoms with Gasteiger partial charge in [-0.15, -0.1) is 0 Å². The lowest BCUT2D eigenvalue weighted by Gasteiger charge is -2.16. The minimum Gasteiger partial charge on any atom is -0.335 e. The van der Waals surface area contributed by atoms with Gasteiger partial charge in [0.1, 0.15) is 0 Å². The molecule has 0 saturated carbocycles. The molecule has 156 valence electrons. The number of aromatic nitrogens is 1. The Labute approximate surface area is 182 Å². The van der Waals surface area contributed by atoms with Crippen molar-refractivity contribution in [1.29, 1.82) is 5.41 Å². The van der Waals surface area contributed by atoms with Crippen LogP contribution in [0.2, 0.25) is 0 Å². The van der Waals surface area contributed by atoms with Crippen molar-refractivity contribution in [2.45, 2.75) is 32.7 Å². The molecular formula is C26H26N4O. The fraction of sp³-hybridized carbons (Fsp3) is 0.192. The van der Waals surface area contributed by atoms with Crippen LogP contribution in [-0.4, -0.2) is 22.8 Å². The maximum Gasteiger partial charge on any atom is 0.319 e. The Morgan fingerprint density at radius 3 is 2.58 bits per heavy atom. The third-order valence-electron chi connectivity index (χ3n) is 5.25. The van der Waals surface area contributed by atoms with Crippen LogP contribution >= 0.6 is 0 Å². The molecule has 0 spiro atoms. The first-order valence-corrected chi connectivity index (χ1v) is 10.5. The smallest absolute Gasteiger partial charge is 0.319 e. The molecular weight excluding hydrogens is 384 g/mol. The minimum absolute atomic E-state index is 0.151. The molecule has 0 aliphatic rings. The predicted octanol–water partition coefficient (Wildman–Crippen LogP) is 5.86. The van der Waals surface area contributed by atoms with E-state index < -0.39 is 0 Å². The average molecular weight is 411 g/mol. The molecule has 3 N–H and O–H groups in total. The van der Waals surface area contributed by atoms with Gasteiger partial charge in [-0.2, -0.15) is 0 Å². The van der Waals surface area contributed by atoms with Crippen molar-refractivity contribution in [2.75, 3.05) is 5.32 Å². The van der Waals surface area contributed by atoms with Crippen molar-refractivity contribution in [1.82, 2.24) is 10.3 Å². The zero-order valence-corrected chi connectivity index (χ0v) is 17.8. The van der Waals surface area contributed by atoms with Crippen LogP contribution in [0.25, 0.3) is 21.7 Å². The first kappa shape index (κ1) is 20.5. The summed E-state index contributed by atoms with van der Waals surface area (Å²) in [5.74, 6) is 0. The predicted molar refractivity (Wildman–Crippen MR) is 128 cm³/mol. The van der Waals surface area contributed by atoms with Gasteiger partial charge >= 0.3 is 6.03 Å². The number of carbonyl (C=O) groups is 1. The molecule has 0 saturated heterocycles. The summed E-state index contributed by atoms with van der Waals surface area (Å²) in [6.07, 6.45) is 1.07. The van der Waals surface area contributed by atoms with E-state index in [4.69, 9.17) is 5.41 Å². The highest BCUT2D eigenvalue weighted by Gasteiger charge is 2.12. The Kier molecular flexibility index (Phi) is 5.94. The third kappa shape index (κ3) is 5.07. The summed E-state index contributed by atoms with van der Waals surface area (Å²) in [7, 11) is 0. The summed E-state index contributed by atoms with van der Waals surface area (Å²) in [5.41, 5.74) is 4.13. The van der Waals surface area contributed by atoms with Crippen LogP contribution in [0.3, 0.4) is 0 Å². The van der Waals surface area contributed by atoms with Crippen LogP contribution in [0.15, 0.2) is 72.8 Å². The summed E-state index contributed by atoms with van der Waals surface area (Å²) >= 11 is 0. The van der Waals surface area contributed by atoms with Gasteiger partial charge in [0.05, 0.1) is 11.2 Å². The van der Waals surface area contributed by atoms with Crippen LogP contribution in [0.1, 0.15) is 24.6 Å². The monoisotopic (exact) mass is 410 g/mol. The highest BCUT2D eigenvalue weighted by Crippen LogP contribution is 2.23. The highest BCUT2D eigenvalue weighted by molar-refractivity contribution is 6.00. The number of benzene rings is 3. The summed E-state index contributed by atoms with van der Waals surface area (Å²) < 4.78 is 0. The lowest BCUT2D eigenvalue weighted by atomic mass is 10.0. The van der Waals surface area contributed by atoms with Crippen molar-refractivity contribution < 1.29 is 4.79 Å². The number of urea groups is 1. The molecule has 4 aromatic rings. The largest absolute Gasteiger partial charge is 0.335 e. The summed E-state index contributed by atoms with van der Waals surface area (Å²) in [6, 6.07) is 23.7. The van der Waals surface area contributed by atoms with Crippen molar-refractivity contribution in [3.05, 3.63) is 84.1 Å². The van der Waals surface area contributed by atoms with Crippen molar-refractivity contribution >= 4 is 39.1 Å². The number of amides is 2. The number of fused-ring (bicyclic) bond motifs is 2. The van der Waals surface area contributed by atoms with E-state index in [0.29, 0.717) is 18.6 Å². The fourth-order valence-electron chi connectivity index (χ4n) is 3.88. The number of carbonyl (C=O) groups excluding carboxylic acids is 1. The number of para-hydroxylation sites is 1. The van der Waals surface area contributed by atoms with E-state index in [1.54, 1.807) is 0 Å². The minimum atomic E-state index is -0.276. The van der Waals surface area contributed by atoms with Crippen LogP contribution in [0, 0.1) is 12.3 Å². The summed E-state index contributed by atoms with van der Waals surface area (Å²) in [5, 5.41) is 17.6. The molecule has 1 aromatic heterocycles. The fourth-order valence-corrected chi connectivity index (χ4v) is 3.88. The molecule has 1 heterocycles. The van der Waals surface area contributed by atoms with Crippen LogP contribution in [0.5, 0.6) is 0 Å². The quantitative estimate of drug-likeness (QED) is 0.348. The number of aryl methyl sites for hydroxylation is 1. The molecule has 2 amide bonds. The second kappa shape index (κ2) is 8.96. The maximum absolute atomic E-state index is 12.6. The number of hydrogen-bond acceptors (Lipinski definition) is 3. The molecule has 5 nitrogen and oxygen atoms in total. The van der Waals surface area contributed by atoms with E-state index >= 15 is 0 Å². The Hall–Kier alpha value is -3.73. The van der Waals surface area contributed by atoms with Gasteiger partial charge in [0.15, 0.2) is 0 Å². The molecule has 5 heteroatoms. The normalized spacial score (nSPS) is 11.9. The Bertz CT molecular complexity index is 1260. The van der Waals surface area contributed by atoms with Crippen LogP contribution in [-0.2, 0) is 6.42 Å². The topological polar surface area (TPSA) is 77.9 Å². The Morgan fingerprint density at radius 2 is 1.74 bits per heavy atom. The van der Waals surface area contributed by atoms with Gasteiger partial charge in [0.25, 0.3) is 0 Å². The van der Waals surface area contributed by atoms with Crippen molar-refractivity contribution in [3.8, 4) is 0 Å². The second-order valence-electron chi connectivity index (χ2n) is 7.99. The van der Waals surface area contributed by atoms with Gasteiger partial charge in [-0.1, -0.05) is 60.7 Å². The van der Waals surface area contributed by atoms with Crippen molar-refractivity contribution in [2.24, 2.45) is 0 Å². The van der Waals surface area contributed by atoms with E-state index in [-0.39, 0.29) is 12.1 Å². The zero-order valence-electron chi connectivity index (χ0n) is 17.8. The zero-order chi connectivity index (χ0) is 21.8. The molecule has 0 bridgehead atoms. The number of nitrogens with zero attached hydrogens (tertiary/aromatic N) is 1. The van der Waals surface area contributed by atoms with Gasteiger partial charge in [0, 0.05) is 35.7 Å². The number of nitrogens with one attached hydrogen (secondary N) is 3. The van der Waals surface area contributed by atoms with E-state index in [1.807, 2.05) is 56.3 Å². The van der Waals surface area contributed by atoms with Gasteiger partial charge in [0.2, 0.25) is 0 Å². The molecule has 0 radical (unpaired) electrons. The molecule has 0 aliphatic carbocycles. The van der Waals surface area contributed by atoms with Gasteiger partial charge in [-0.05, 0) is 42.3 Å². The van der Waals surface area contributed by atoms with Crippen LogP contribution in [0.4, 0.5) is 10.5 Å². The number of hydrogen-bond donors (Lipinski definition) is 3. The van der Waals surface area contributed by atoms with E-state index in [9.17, 15) is 4.79 Å². The number of anilines is 1. The molecule has 3 aromatic carbocycles. The first-order chi connectivity index (χ1) is 15.0. The number of pyridine rings is 1. The van der Waals surface area contributed by atoms with Gasteiger partial charge in [-0.3, -0.25) is 4.98 Å². The van der Waals surface area contributed by atoms with Gasteiger partial charge in [-0.25, -0.2) is 4.79 Å². The first-order valence-electron chi connectivity index (χ1n) is 10.5. The molecule has 31 heavy (non-hydrogen) atoms. The third-order valence-corrected chi connectivity index (χ3v) is 5.25. The summed E-state index contributed by atoms with van der Waals surface area (Å²) in [4.78, 5) is 17.1. The molecule has 0 fully saturated rings. The molecule has 4 rings (SSSR count). The highest BCUT2D eigenvalue weighted by atomic mass is 16.2. The van der Waals surface area contributed by atoms with Crippen molar-refractivity contribution in [3.63, 3.8) is 0 Å². The molecule has 0 aliphatic heterocycles. The lowest BCUT2D eigenvalue weighted by Crippen LogP contribution is -2.37. The van der Waals surface area contributed by atoms with Gasteiger partial charge < -0.3 is 16.0 Å². The van der Waals surface area contributed by atoms with E-state index in [1.165, 1.54) is 10.8 Å². The Morgan fingerprint density at radius 1 is 1.00 bits per heavy atom. The Balaban J connectivity index is 1.35.